The summed E-state index contributed by atoms with van der Waals surface area (Å²) in [6.45, 7) is 8.72. The van der Waals surface area contributed by atoms with Gasteiger partial charge in [0.25, 0.3) is 0 Å². The molecule has 0 heterocycles. The molecule has 0 aliphatic heterocycles. The number of carbonyl (C=O) groups is 2. The number of halogens is 1. The lowest BCUT2D eigenvalue weighted by Crippen LogP contribution is -2.31. The van der Waals surface area contributed by atoms with Crippen molar-refractivity contribution in [3.8, 4) is 0 Å². The van der Waals surface area contributed by atoms with Gasteiger partial charge in [-0.15, -0.1) is 0 Å². The summed E-state index contributed by atoms with van der Waals surface area (Å²) in [5.41, 5.74) is -0.548. The molecule has 0 aromatic heterocycles. The highest BCUT2D eigenvalue weighted by Crippen LogP contribution is 2.17. The SMILES string of the molecule is CC(=O)C(C/C=C(/C)I)C(=O)OC(C)(C)C. The lowest BCUT2D eigenvalue weighted by molar-refractivity contribution is -0.161. The third kappa shape index (κ3) is 6.98. The summed E-state index contributed by atoms with van der Waals surface area (Å²) in [4.78, 5) is 23.1. The molecule has 4 heteroatoms. The molecule has 1 atom stereocenters. The second kappa shape index (κ2) is 6.37. The van der Waals surface area contributed by atoms with E-state index in [0.29, 0.717) is 6.42 Å². The van der Waals surface area contributed by atoms with Gasteiger partial charge in [-0.2, -0.15) is 0 Å². The van der Waals surface area contributed by atoms with Gasteiger partial charge in [0.1, 0.15) is 17.3 Å². The van der Waals surface area contributed by atoms with E-state index >= 15 is 0 Å². The number of hydrogen-bond acceptors (Lipinski definition) is 3. The van der Waals surface area contributed by atoms with Crippen LogP contribution in [0.4, 0.5) is 0 Å². The van der Waals surface area contributed by atoms with E-state index in [2.05, 4.69) is 22.6 Å². The Hall–Kier alpha value is -0.390. The van der Waals surface area contributed by atoms with Crippen LogP contribution < -0.4 is 0 Å². The highest BCUT2D eigenvalue weighted by molar-refractivity contribution is 14.1. The Morgan fingerprint density at radius 2 is 1.81 bits per heavy atom. The zero-order valence-electron chi connectivity index (χ0n) is 10.5. The molecule has 0 saturated carbocycles. The van der Waals surface area contributed by atoms with Crippen LogP contribution >= 0.6 is 22.6 Å². The molecule has 0 aliphatic carbocycles. The molecule has 0 N–H and O–H groups in total. The number of rotatable bonds is 4. The van der Waals surface area contributed by atoms with Gasteiger partial charge in [0.15, 0.2) is 0 Å². The van der Waals surface area contributed by atoms with E-state index in [1.807, 2.05) is 13.0 Å². The van der Waals surface area contributed by atoms with Crippen molar-refractivity contribution in [3.05, 3.63) is 9.66 Å². The van der Waals surface area contributed by atoms with Gasteiger partial charge >= 0.3 is 5.97 Å². The summed E-state index contributed by atoms with van der Waals surface area (Å²) in [5.74, 6) is -1.26. The maximum Gasteiger partial charge on any atom is 0.317 e. The Morgan fingerprint density at radius 1 is 1.31 bits per heavy atom. The first kappa shape index (κ1) is 15.6. The van der Waals surface area contributed by atoms with Crippen LogP contribution in [0.1, 0.15) is 41.0 Å². The highest BCUT2D eigenvalue weighted by Gasteiger charge is 2.27. The number of hydrogen-bond donors (Lipinski definition) is 0. The van der Waals surface area contributed by atoms with Crippen molar-refractivity contribution in [2.45, 2.75) is 46.6 Å². The standard InChI is InChI=1S/C12H19IO3/c1-8(13)6-7-10(9(2)14)11(15)16-12(3,4)5/h6,10H,7H2,1-5H3/b8-6-. The Bertz CT molecular complexity index is 296. The van der Waals surface area contributed by atoms with Crippen molar-refractivity contribution in [3.63, 3.8) is 0 Å². The Morgan fingerprint density at radius 3 is 2.12 bits per heavy atom. The summed E-state index contributed by atoms with van der Waals surface area (Å²) in [6.07, 6.45) is 2.29. The number of ketones is 1. The molecular weight excluding hydrogens is 319 g/mol. The van der Waals surface area contributed by atoms with Crippen molar-refractivity contribution in [1.82, 2.24) is 0 Å². The van der Waals surface area contributed by atoms with Gasteiger partial charge in [0.05, 0.1) is 0 Å². The van der Waals surface area contributed by atoms with E-state index in [9.17, 15) is 9.59 Å². The predicted molar refractivity (Wildman–Crippen MR) is 72.4 cm³/mol. The molecule has 0 bridgehead atoms. The van der Waals surface area contributed by atoms with Gasteiger partial charge in [-0.1, -0.05) is 6.08 Å². The topological polar surface area (TPSA) is 43.4 Å². The summed E-state index contributed by atoms with van der Waals surface area (Å²) < 4.78 is 6.26. The molecule has 92 valence electrons. The second-order valence-electron chi connectivity index (χ2n) is 4.72. The minimum absolute atomic E-state index is 0.150. The molecule has 0 saturated heterocycles. The largest absolute Gasteiger partial charge is 0.459 e. The van der Waals surface area contributed by atoms with Gasteiger partial charge in [-0.3, -0.25) is 9.59 Å². The number of ether oxygens (including phenoxy) is 1. The highest BCUT2D eigenvalue weighted by atomic mass is 127. The average molecular weight is 338 g/mol. The number of allylic oxidation sites excluding steroid dienone is 2. The molecular formula is C12H19IO3. The van der Waals surface area contributed by atoms with Crippen molar-refractivity contribution >= 4 is 34.3 Å². The van der Waals surface area contributed by atoms with Gasteiger partial charge < -0.3 is 4.74 Å². The second-order valence-corrected chi connectivity index (χ2v) is 6.42. The van der Waals surface area contributed by atoms with Crippen LogP contribution in [0.3, 0.4) is 0 Å². The molecule has 0 aliphatic rings. The van der Waals surface area contributed by atoms with Crippen LogP contribution in [0.5, 0.6) is 0 Å². The minimum Gasteiger partial charge on any atom is -0.459 e. The zero-order chi connectivity index (χ0) is 12.9. The molecule has 3 nitrogen and oxygen atoms in total. The van der Waals surface area contributed by atoms with E-state index in [0.717, 1.165) is 3.58 Å². The molecule has 0 rings (SSSR count). The lowest BCUT2D eigenvalue weighted by atomic mass is 10.0. The van der Waals surface area contributed by atoms with E-state index in [1.165, 1.54) is 6.92 Å². The fourth-order valence-corrected chi connectivity index (χ4v) is 1.34. The maximum atomic E-state index is 11.7. The Labute approximate surface area is 111 Å². The van der Waals surface area contributed by atoms with E-state index in [1.54, 1.807) is 20.8 Å². The molecule has 1 unspecified atom stereocenters. The third-order valence-corrected chi connectivity index (χ3v) is 2.26. The lowest BCUT2D eigenvalue weighted by Gasteiger charge is -2.22. The van der Waals surface area contributed by atoms with Crippen molar-refractivity contribution in [2.24, 2.45) is 5.92 Å². The van der Waals surface area contributed by atoms with E-state index < -0.39 is 17.5 Å². The maximum absolute atomic E-state index is 11.7. The first-order chi connectivity index (χ1) is 7.13. The third-order valence-electron chi connectivity index (χ3n) is 1.82. The molecule has 16 heavy (non-hydrogen) atoms. The van der Waals surface area contributed by atoms with Gasteiger partial charge in [-0.25, -0.2) is 0 Å². The number of Topliss-reactive ketones (excluding diaryl/α,β-unsaturated/α-hetero) is 1. The number of esters is 1. The zero-order valence-corrected chi connectivity index (χ0v) is 12.6. The first-order valence-corrected chi connectivity index (χ1v) is 6.27. The minimum atomic E-state index is -0.677. The van der Waals surface area contributed by atoms with Gasteiger partial charge in [0.2, 0.25) is 0 Å². The monoisotopic (exact) mass is 338 g/mol. The average Bonchev–Trinajstić information content (AvgIpc) is 1.98. The smallest absolute Gasteiger partial charge is 0.317 e. The quantitative estimate of drug-likeness (QED) is 0.449. The van der Waals surface area contributed by atoms with Gasteiger partial charge in [-0.05, 0) is 67.2 Å². The van der Waals surface area contributed by atoms with E-state index in [-0.39, 0.29) is 5.78 Å². The van der Waals surface area contributed by atoms with Crippen molar-refractivity contribution < 1.29 is 14.3 Å². The predicted octanol–water partition coefficient (Wildman–Crippen LogP) is 3.26. The van der Waals surface area contributed by atoms with Crippen LogP contribution in [0.15, 0.2) is 9.66 Å². The van der Waals surface area contributed by atoms with Crippen LogP contribution in [-0.4, -0.2) is 17.4 Å². The Balaban J connectivity index is 4.61. The molecule has 0 aromatic carbocycles. The molecule has 0 radical (unpaired) electrons. The van der Waals surface area contributed by atoms with Crippen LogP contribution in [0.2, 0.25) is 0 Å². The van der Waals surface area contributed by atoms with Crippen LogP contribution in [0, 0.1) is 5.92 Å². The summed E-state index contributed by atoms with van der Waals surface area (Å²) in [7, 11) is 0. The van der Waals surface area contributed by atoms with Crippen LogP contribution in [0.25, 0.3) is 0 Å². The normalized spacial score (nSPS) is 14.5. The van der Waals surface area contributed by atoms with Crippen molar-refractivity contribution in [1.29, 1.82) is 0 Å². The number of carbonyl (C=O) groups excluding carboxylic acids is 2. The molecule has 0 spiro atoms. The molecule has 0 fully saturated rings. The fourth-order valence-electron chi connectivity index (χ4n) is 1.08. The summed E-state index contributed by atoms with van der Waals surface area (Å²) in [5, 5.41) is 0. The fraction of sp³-hybridized carbons (Fsp3) is 0.667. The van der Waals surface area contributed by atoms with Crippen LogP contribution in [-0.2, 0) is 14.3 Å². The molecule has 0 amide bonds. The Kier molecular flexibility index (Phi) is 6.22. The van der Waals surface area contributed by atoms with E-state index in [4.69, 9.17) is 4.74 Å². The summed E-state index contributed by atoms with van der Waals surface area (Å²) in [6, 6.07) is 0. The summed E-state index contributed by atoms with van der Waals surface area (Å²) >= 11 is 2.15. The van der Waals surface area contributed by atoms with Gasteiger partial charge in [0, 0.05) is 0 Å². The molecule has 0 aromatic rings. The van der Waals surface area contributed by atoms with Crippen molar-refractivity contribution in [2.75, 3.05) is 0 Å². The first-order valence-electron chi connectivity index (χ1n) is 5.19.